The van der Waals surface area contributed by atoms with Crippen LogP contribution in [0.4, 0.5) is 5.69 Å². The molecule has 1 heterocycles. The van der Waals surface area contributed by atoms with Crippen LogP contribution in [0.2, 0.25) is 0 Å². The number of nitrogen functional groups attached to an aromatic ring is 1. The fourth-order valence-electron chi connectivity index (χ4n) is 1.81. The number of aromatic amines is 1. The molecule has 0 aliphatic heterocycles. The zero-order chi connectivity index (χ0) is 13.3. The molecule has 0 amide bonds. The molecule has 0 fully saturated rings. The summed E-state index contributed by atoms with van der Waals surface area (Å²) in [6, 6.07) is 3.27. The highest BCUT2D eigenvalue weighted by atomic mass is 16.5. The Kier molecular flexibility index (Phi) is 3.01. The van der Waals surface area contributed by atoms with E-state index in [9.17, 15) is 4.79 Å². The Hall–Kier alpha value is -2.37. The quantitative estimate of drug-likeness (QED) is 0.637. The van der Waals surface area contributed by atoms with Crippen molar-refractivity contribution in [2.75, 3.05) is 27.1 Å². The summed E-state index contributed by atoms with van der Waals surface area (Å²) in [5.74, 6) is 0.576. The summed E-state index contributed by atoms with van der Waals surface area (Å²) < 4.78 is 15.0. The molecule has 3 N–H and O–H groups in total. The van der Waals surface area contributed by atoms with Crippen molar-refractivity contribution in [3.05, 3.63) is 17.8 Å². The van der Waals surface area contributed by atoms with Crippen molar-refractivity contribution in [1.82, 2.24) is 4.98 Å². The Labute approximate surface area is 104 Å². The summed E-state index contributed by atoms with van der Waals surface area (Å²) >= 11 is 0. The lowest BCUT2D eigenvalue weighted by Crippen LogP contribution is -2.00. The summed E-state index contributed by atoms with van der Waals surface area (Å²) in [5, 5.41) is 0.659. The van der Waals surface area contributed by atoms with Gasteiger partial charge in [0.2, 0.25) is 0 Å². The second-order valence-electron chi connectivity index (χ2n) is 3.66. The van der Waals surface area contributed by atoms with Crippen molar-refractivity contribution in [3.63, 3.8) is 0 Å². The van der Waals surface area contributed by atoms with Crippen molar-refractivity contribution in [1.29, 1.82) is 0 Å². The number of nitrogens with one attached hydrogen (secondary N) is 1. The standard InChI is InChI=1S/C12H14N2O4/c1-16-8-5-9(17-2)11-6(10(8)13)4-7(14-11)12(15)18-3/h4-5,14H,13H2,1-3H3. The van der Waals surface area contributed by atoms with E-state index in [1.807, 2.05) is 0 Å². The molecule has 0 radical (unpaired) electrons. The first-order valence-corrected chi connectivity index (χ1v) is 5.23. The number of hydrogen-bond donors (Lipinski definition) is 2. The van der Waals surface area contributed by atoms with Crippen LogP contribution in [0.1, 0.15) is 10.5 Å². The third kappa shape index (κ3) is 1.71. The molecule has 2 aromatic rings. The van der Waals surface area contributed by atoms with Gasteiger partial charge in [0.15, 0.2) is 0 Å². The number of carbonyl (C=O) groups is 1. The summed E-state index contributed by atoms with van der Waals surface area (Å²) in [4.78, 5) is 14.4. The van der Waals surface area contributed by atoms with Crippen molar-refractivity contribution < 1.29 is 19.0 Å². The summed E-state index contributed by atoms with van der Waals surface area (Å²) in [6.07, 6.45) is 0. The van der Waals surface area contributed by atoms with Crippen LogP contribution < -0.4 is 15.2 Å². The molecule has 6 nitrogen and oxygen atoms in total. The minimum Gasteiger partial charge on any atom is -0.494 e. The van der Waals surface area contributed by atoms with Crippen molar-refractivity contribution in [2.45, 2.75) is 0 Å². The molecule has 0 saturated heterocycles. The SMILES string of the molecule is COC(=O)c1cc2c(N)c(OC)cc(OC)c2[nH]1. The highest BCUT2D eigenvalue weighted by molar-refractivity contribution is 6.03. The van der Waals surface area contributed by atoms with Crippen LogP contribution in [0.3, 0.4) is 0 Å². The number of rotatable bonds is 3. The summed E-state index contributed by atoms with van der Waals surface area (Å²) in [6.45, 7) is 0. The molecule has 0 atom stereocenters. The van der Waals surface area contributed by atoms with E-state index in [1.165, 1.54) is 21.3 Å². The highest BCUT2D eigenvalue weighted by Crippen LogP contribution is 2.37. The number of hydrogen-bond acceptors (Lipinski definition) is 5. The zero-order valence-corrected chi connectivity index (χ0v) is 10.4. The number of ether oxygens (including phenoxy) is 3. The minimum atomic E-state index is -0.466. The van der Waals surface area contributed by atoms with Crippen LogP contribution in [0.15, 0.2) is 12.1 Å². The maximum Gasteiger partial charge on any atom is 0.354 e. The first kappa shape index (κ1) is 12.1. The lowest BCUT2D eigenvalue weighted by molar-refractivity contribution is 0.0595. The molecule has 0 aliphatic carbocycles. The maximum absolute atomic E-state index is 11.5. The molecule has 0 unspecified atom stereocenters. The molecule has 18 heavy (non-hydrogen) atoms. The number of fused-ring (bicyclic) bond motifs is 1. The average Bonchev–Trinajstić information content (AvgIpc) is 2.84. The zero-order valence-electron chi connectivity index (χ0n) is 10.4. The molecular formula is C12H14N2O4. The second kappa shape index (κ2) is 4.48. The summed E-state index contributed by atoms with van der Waals surface area (Å²) in [7, 11) is 4.36. The van der Waals surface area contributed by atoms with E-state index in [0.717, 1.165) is 0 Å². The van der Waals surface area contributed by atoms with E-state index in [4.69, 9.17) is 15.2 Å². The van der Waals surface area contributed by atoms with Crippen LogP contribution in [-0.2, 0) is 4.74 Å². The second-order valence-corrected chi connectivity index (χ2v) is 3.66. The molecular weight excluding hydrogens is 236 g/mol. The fraction of sp³-hybridized carbons (Fsp3) is 0.250. The van der Waals surface area contributed by atoms with Crippen LogP contribution in [-0.4, -0.2) is 32.3 Å². The van der Waals surface area contributed by atoms with Gasteiger partial charge >= 0.3 is 5.97 Å². The van der Waals surface area contributed by atoms with E-state index in [-0.39, 0.29) is 0 Å². The molecule has 2 rings (SSSR count). The van der Waals surface area contributed by atoms with Gasteiger partial charge in [-0.05, 0) is 6.07 Å². The Morgan fingerprint density at radius 2 is 1.83 bits per heavy atom. The van der Waals surface area contributed by atoms with E-state index in [1.54, 1.807) is 12.1 Å². The van der Waals surface area contributed by atoms with Gasteiger partial charge in [-0.2, -0.15) is 0 Å². The van der Waals surface area contributed by atoms with E-state index in [2.05, 4.69) is 9.72 Å². The highest BCUT2D eigenvalue weighted by Gasteiger charge is 2.17. The average molecular weight is 250 g/mol. The molecule has 0 saturated carbocycles. The predicted octanol–water partition coefficient (Wildman–Crippen LogP) is 1.55. The molecule has 0 spiro atoms. The largest absolute Gasteiger partial charge is 0.494 e. The third-order valence-corrected chi connectivity index (χ3v) is 2.73. The van der Waals surface area contributed by atoms with E-state index in [0.29, 0.717) is 33.8 Å². The van der Waals surface area contributed by atoms with Gasteiger partial charge in [-0.25, -0.2) is 4.79 Å². The number of H-pyrrole nitrogens is 1. The Morgan fingerprint density at radius 3 is 2.39 bits per heavy atom. The van der Waals surface area contributed by atoms with Gasteiger partial charge in [0, 0.05) is 11.5 Å². The Morgan fingerprint density at radius 1 is 1.17 bits per heavy atom. The predicted molar refractivity (Wildman–Crippen MR) is 67.2 cm³/mol. The number of nitrogens with two attached hydrogens (primary N) is 1. The van der Waals surface area contributed by atoms with Gasteiger partial charge in [-0.1, -0.05) is 0 Å². The Bertz CT molecular complexity index is 604. The lowest BCUT2D eigenvalue weighted by atomic mass is 10.2. The molecule has 1 aromatic carbocycles. The third-order valence-electron chi connectivity index (χ3n) is 2.73. The summed E-state index contributed by atoms with van der Waals surface area (Å²) in [5.41, 5.74) is 7.35. The number of esters is 1. The van der Waals surface area contributed by atoms with Gasteiger partial charge in [0.25, 0.3) is 0 Å². The van der Waals surface area contributed by atoms with Crippen LogP contribution in [0, 0.1) is 0 Å². The van der Waals surface area contributed by atoms with Gasteiger partial charge in [-0.3, -0.25) is 0 Å². The molecule has 96 valence electrons. The molecule has 0 bridgehead atoms. The van der Waals surface area contributed by atoms with Gasteiger partial charge < -0.3 is 24.9 Å². The number of methoxy groups -OCH3 is 3. The molecule has 0 aliphatic rings. The van der Waals surface area contributed by atoms with Gasteiger partial charge in [0.1, 0.15) is 17.2 Å². The first-order valence-electron chi connectivity index (χ1n) is 5.23. The van der Waals surface area contributed by atoms with Crippen molar-refractivity contribution in [2.24, 2.45) is 0 Å². The van der Waals surface area contributed by atoms with Gasteiger partial charge in [-0.15, -0.1) is 0 Å². The number of anilines is 1. The minimum absolute atomic E-state index is 0.311. The van der Waals surface area contributed by atoms with Crippen LogP contribution in [0.5, 0.6) is 11.5 Å². The maximum atomic E-state index is 11.5. The molecule has 6 heteroatoms. The van der Waals surface area contributed by atoms with Crippen LogP contribution in [0.25, 0.3) is 10.9 Å². The van der Waals surface area contributed by atoms with Gasteiger partial charge in [0.05, 0.1) is 32.5 Å². The van der Waals surface area contributed by atoms with Crippen LogP contribution >= 0.6 is 0 Å². The monoisotopic (exact) mass is 250 g/mol. The Balaban J connectivity index is 2.73. The lowest BCUT2D eigenvalue weighted by Gasteiger charge is -2.08. The fourth-order valence-corrected chi connectivity index (χ4v) is 1.81. The smallest absolute Gasteiger partial charge is 0.354 e. The topological polar surface area (TPSA) is 86.6 Å². The number of carbonyl (C=O) groups excluding carboxylic acids is 1. The number of benzene rings is 1. The molecule has 1 aromatic heterocycles. The number of aromatic nitrogens is 1. The van der Waals surface area contributed by atoms with Crippen molar-refractivity contribution >= 4 is 22.6 Å². The normalized spacial score (nSPS) is 10.4. The van der Waals surface area contributed by atoms with Crippen molar-refractivity contribution in [3.8, 4) is 11.5 Å². The first-order chi connectivity index (χ1) is 8.62. The van der Waals surface area contributed by atoms with E-state index >= 15 is 0 Å². The van der Waals surface area contributed by atoms with E-state index < -0.39 is 5.97 Å².